The second kappa shape index (κ2) is 5.41. The molecule has 0 aromatic heterocycles. The van der Waals surface area contributed by atoms with Gasteiger partial charge in [0, 0.05) is 12.8 Å². The van der Waals surface area contributed by atoms with Gasteiger partial charge in [0.1, 0.15) is 5.83 Å². The molecule has 0 atom stereocenters. The molecule has 0 N–H and O–H groups in total. The zero-order valence-corrected chi connectivity index (χ0v) is 6.65. The van der Waals surface area contributed by atoms with Crippen LogP contribution in [0.15, 0.2) is 37.0 Å². The third kappa shape index (κ3) is 3.23. The molecule has 0 bridgehead atoms. The highest BCUT2D eigenvalue weighted by molar-refractivity contribution is 5.94. The maximum absolute atomic E-state index is 12.6. The monoisotopic (exact) mass is 172 g/mol. The third-order valence-corrected chi connectivity index (χ3v) is 1.14. The summed E-state index contributed by atoms with van der Waals surface area (Å²) >= 11 is 0. The third-order valence-electron chi connectivity index (χ3n) is 1.14. The second-order valence-electron chi connectivity index (χ2n) is 2.13. The Hall–Kier alpha value is -1.25. The van der Waals surface area contributed by atoms with Crippen molar-refractivity contribution in [3.8, 4) is 0 Å². The number of carbonyl (C=O) groups excluding carboxylic acids is 1. The van der Waals surface area contributed by atoms with Crippen LogP contribution in [-0.4, -0.2) is 5.78 Å². The molecular formula is C9H10F2O. The highest BCUT2D eigenvalue weighted by atomic mass is 19.2. The highest BCUT2D eigenvalue weighted by Gasteiger charge is 2.12. The number of Topliss-reactive ketones (excluding diaryl/α,β-unsaturated/α-hetero) is 1. The molecule has 0 fully saturated rings. The first-order valence-corrected chi connectivity index (χ1v) is 3.42. The molecule has 66 valence electrons. The van der Waals surface area contributed by atoms with Crippen molar-refractivity contribution in [3.05, 3.63) is 37.0 Å². The van der Waals surface area contributed by atoms with Crippen LogP contribution in [0.1, 0.15) is 12.8 Å². The Balaban J connectivity index is 4.41. The van der Waals surface area contributed by atoms with Crippen LogP contribution in [0, 0.1) is 0 Å². The second-order valence-corrected chi connectivity index (χ2v) is 2.13. The van der Waals surface area contributed by atoms with Gasteiger partial charge in [-0.1, -0.05) is 12.2 Å². The minimum Gasteiger partial charge on any atom is -0.291 e. The fourth-order valence-corrected chi connectivity index (χ4v) is 0.588. The summed E-state index contributed by atoms with van der Waals surface area (Å²) < 4.78 is 25.2. The van der Waals surface area contributed by atoms with Crippen LogP contribution >= 0.6 is 0 Å². The Morgan fingerprint density at radius 1 is 1.17 bits per heavy atom. The van der Waals surface area contributed by atoms with Gasteiger partial charge >= 0.3 is 0 Å². The lowest BCUT2D eigenvalue weighted by Crippen LogP contribution is -1.98. The number of carbonyl (C=O) groups is 1. The Bertz CT molecular complexity index is 229. The van der Waals surface area contributed by atoms with Crippen molar-refractivity contribution in [2.24, 2.45) is 0 Å². The number of allylic oxidation sites excluding steroid dienone is 4. The van der Waals surface area contributed by atoms with Gasteiger partial charge in [0.15, 0.2) is 11.6 Å². The van der Waals surface area contributed by atoms with Gasteiger partial charge in [-0.05, 0) is 0 Å². The average Bonchev–Trinajstić information content (AvgIpc) is 2.04. The van der Waals surface area contributed by atoms with E-state index in [-0.39, 0.29) is 12.8 Å². The summed E-state index contributed by atoms with van der Waals surface area (Å²) in [4.78, 5) is 10.7. The fourth-order valence-electron chi connectivity index (χ4n) is 0.588. The van der Waals surface area contributed by atoms with Gasteiger partial charge in [0.05, 0.1) is 0 Å². The normalized spacial score (nSPS) is 11.8. The van der Waals surface area contributed by atoms with Gasteiger partial charge in [-0.15, -0.1) is 13.2 Å². The number of hydrogen-bond donors (Lipinski definition) is 0. The molecule has 0 rings (SSSR count). The van der Waals surface area contributed by atoms with Crippen LogP contribution in [0.5, 0.6) is 0 Å². The molecule has 0 saturated carbocycles. The number of halogens is 2. The topological polar surface area (TPSA) is 17.1 Å². The largest absolute Gasteiger partial charge is 0.291 e. The Labute approximate surface area is 70.1 Å². The van der Waals surface area contributed by atoms with E-state index in [2.05, 4.69) is 13.2 Å². The summed E-state index contributed by atoms with van der Waals surface area (Å²) in [6.07, 6.45) is 1.98. The van der Waals surface area contributed by atoms with E-state index >= 15 is 0 Å². The summed E-state index contributed by atoms with van der Waals surface area (Å²) in [5.74, 6) is -3.28. The fraction of sp³-hybridized carbons (Fsp3) is 0.222. The van der Waals surface area contributed by atoms with Crippen LogP contribution in [0.25, 0.3) is 0 Å². The van der Waals surface area contributed by atoms with E-state index < -0.39 is 17.4 Å². The van der Waals surface area contributed by atoms with Crippen molar-refractivity contribution in [2.75, 3.05) is 0 Å². The van der Waals surface area contributed by atoms with Crippen LogP contribution in [0.2, 0.25) is 0 Å². The van der Waals surface area contributed by atoms with Gasteiger partial charge in [0.2, 0.25) is 0 Å². The summed E-state index contributed by atoms with van der Waals surface area (Å²) in [6.45, 7) is 6.45. The van der Waals surface area contributed by atoms with E-state index in [4.69, 9.17) is 0 Å². The molecule has 3 heteroatoms. The van der Waals surface area contributed by atoms with Gasteiger partial charge in [-0.25, -0.2) is 8.78 Å². The van der Waals surface area contributed by atoms with Crippen molar-refractivity contribution in [1.29, 1.82) is 0 Å². The first-order valence-electron chi connectivity index (χ1n) is 3.42. The molecule has 12 heavy (non-hydrogen) atoms. The molecule has 1 nitrogen and oxygen atoms in total. The number of ketones is 1. The van der Waals surface area contributed by atoms with Crippen LogP contribution in [-0.2, 0) is 4.79 Å². The number of hydrogen-bond acceptors (Lipinski definition) is 1. The van der Waals surface area contributed by atoms with E-state index in [1.807, 2.05) is 0 Å². The quantitative estimate of drug-likeness (QED) is 0.460. The van der Waals surface area contributed by atoms with Crippen LogP contribution < -0.4 is 0 Å². The van der Waals surface area contributed by atoms with Gasteiger partial charge in [-0.2, -0.15) is 0 Å². The standard InChI is InChI=1S/C9H10F2O/c1-3-5-7(10)9(11)8(12)6-4-2/h3-4H,1-2,5-6H2. The Morgan fingerprint density at radius 3 is 2.08 bits per heavy atom. The van der Waals surface area contributed by atoms with Crippen LogP contribution in [0.4, 0.5) is 8.78 Å². The zero-order chi connectivity index (χ0) is 9.56. The SMILES string of the molecule is C=CCC(=O)C(F)=C(F)CC=C. The maximum Gasteiger partial charge on any atom is 0.198 e. The number of rotatable bonds is 5. The first-order chi connectivity index (χ1) is 5.63. The molecule has 0 saturated heterocycles. The molecule has 0 spiro atoms. The molecule has 0 aliphatic carbocycles. The summed E-state index contributed by atoms with van der Waals surface area (Å²) in [7, 11) is 0. The van der Waals surface area contributed by atoms with Gasteiger partial charge in [0.25, 0.3) is 0 Å². The average molecular weight is 172 g/mol. The highest BCUT2D eigenvalue weighted by Crippen LogP contribution is 2.14. The van der Waals surface area contributed by atoms with E-state index in [1.165, 1.54) is 12.2 Å². The smallest absolute Gasteiger partial charge is 0.198 e. The summed E-state index contributed by atoms with van der Waals surface area (Å²) in [5, 5.41) is 0. The molecule has 0 radical (unpaired) electrons. The van der Waals surface area contributed by atoms with Crippen LogP contribution in [0.3, 0.4) is 0 Å². The summed E-state index contributed by atoms with van der Waals surface area (Å²) in [5.41, 5.74) is 0. The lowest BCUT2D eigenvalue weighted by atomic mass is 10.2. The van der Waals surface area contributed by atoms with Crippen molar-refractivity contribution in [1.82, 2.24) is 0 Å². The Morgan fingerprint density at radius 2 is 1.67 bits per heavy atom. The van der Waals surface area contributed by atoms with Crippen molar-refractivity contribution < 1.29 is 13.6 Å². The predicted molar refractivity (Wildman–Crippen MR) is 43.9 cm³/mol. The van der Waals surface area contributed by atoms with Crippen molar-refractivity contribution in [3.63, 3.8) is 0 Å². The molecule has 0 aliphatic heterocycles. The molecular weight excluding hydrogens is 162 g/mol. The lowest BCUT2D eigenvalue weighted by Gasteiger charge is -1.94. The van der Waals surface area contributed by atoms with Crippen molar-refractivity contribution >= 4 is 5.78 Å². The molecule has 0 aromatic carbocycles. The van der Waals surface area contributed by atoms with E-state index in [0.29, 0.717) is 0 Å². The maximum atomic E-state index is 12.6. The molecule has 0 unspecified atom stereocenters. The van der Waals surface area contributed by atoms with E-state index in [1.54, 1.807) is 0 Å². The summed E-state index contributed by atoms with van der Waals surface area (Å²) in [6, 6.07) is 0. The van der Waals surface area contributed by atoms with Gasteiger partial charge < -0.3 is 0 Å². The van der Waals surface area contributed by atoms with E-state index in [0.717, 1.165) is 0 Å². The molecule has 0 aromatic rings. The van der Waals surface area contributed by atoms with Crippen molar-refractivity contribution in [2.45, 2.75) is 12.8 Å². The first kappa shape index (κ1) is 10.8. The van der Waals surface area contributed by atoms with E-state index in [9.17, 15) is 13.6 Å². The minimum atomic E-state index is -1.32. The molecule has 0 amide bonds. The Kier molecular flexibility index (Phi) is 4.84. The zero-order valence-electron chi connectivity index (χ0n) is 6.65. The van der Waals surface area contributed by atoms with Gasteiger partial charge in [-0.3, -0.25) is 4.79 Å². The molecule has 0 aliphatic rings. The lowest BCUT2D eigenvalue weighted by molar-refractivity contribution is -0.116. The predicted octanol–water partition coefficient (Wildman–Crippen LogP) is 2.86. The minimum absolute atomic E-state index is 0.184. The molecule has 0 heterocycles.